The van der Waals surface area contributed by atoms with Crippen molar-refractivity contribution in [3.05, 3.63) is 0 Å². The lowest BCUT2D eigenvalue weighted by Crippen LogP contribution is -2.04. The Balaban J connectivity index is 2.66. The molecule has 2 atom stereocenters. The summed E-state index contributed by atoms with van der Waals surface area (Å²) in [6, 6.07) is 0. The van der Waals surface area contributed by atoms with Gasteiger partial charge in [0, 0.05) is 1.37 Å². The van der Waals surface area contributed by atoms with Gasteiger partial charge in [-0.05, 0) is 17.7 Å². The van der Waals surface area contributed by atoms with Crippen LogP contribution in [0.3, 0.4) is 0 Å². The Hall–Kier alpha value is 0. The van der Waals surface area contributed by atoms with Gasteiger partial charge in [-0.1, -0.05) is 33.6 Å². The third kappa shape index (κ3) is 0.888. The van der Waals surface area contributed by atoms with Gasteiger partial charge >= 0.3 is 0 Å². The van der Waals surface area contributed by atoms with Crippen molar-refractivity contribution in [1.82, 2.24) is 0 Å². The van der Waals surface area contributed by atoms with E-state index in [1.54, 1.807) is 0 Å². The Morgan fingerprint density at radius 2 is 1.50 bits per heavy atom. The third-order valence-electron chi connectivity index (χ3n) is 2.59. The van der Waals surface area contributed by atoms with Crippen LogP contribution in [0.4, 0.5) is 0 Å². The first-order chi connectivity index (χ1) is 4.05. The number of hydrogen-bond acceptors (Lipinski definition) is 0. The normalized spacial score (nSPS) is 58.6. The van der Waals surface area contributed by atoms with E-state index in [0.29, 0.717) is 11.8 Å². The van der Waals surface area contributed by atoms with Gasteiger partial charge in [-0.3, -0.25) is 0 Å². The second-order valence-corrected chi connectivity index (χ2v) is 3.12. The molecule has 0 aromatic heterocycles. The van der Waals surface area contributed by atoms with Crippen LogP contribution in [0.1, 0.15) is 35.0 Å². The van der Waals surface area contributed by atoms with Crippen LogP contribution < -0.4 is 0 Å². The molecule has 0 aliphatic heterocycles. The zero-order chi connectivity index (χ0) is 7.07. The van der Waals surface area contributed by atoms with E-state index in [2.05, 4.69) is 20.8 Å². The third-order valence-corrected chi connectivity index (χ3v) is 2.59. The van der Waals surface area contributed by atoms with Crippen molar-refractivity contribution in [1.29, 1.82) is 0 Å². The summed E-state index contributed by atoms with van der Waals surface area (Å²) in [7, 11) is 0. The molecule has 1 aliphatic rings. The Bertz CT molecular complexity index is 95.1. The molecule has 0 bridgehead atoms. The summed E-state index contributed by atoms with van der Waals surface area (Å²) < 4.78 is 7.90. The highest BCUT2D eigenvalue weighted by molar-refractivity contribution is 4.75. The van der Waals surface area contributed by atoms with Crippen LogP contribution in [-0.4, -0.2) is 0 Å². The van der Waals surface area contributed by atoms with Gasteiger partial charge in [0.25, 0.3) is 0 Å². The maximum absolute atomic E-state index is 7.90. The highest BCUT2D eigenvalue weighted by Crippen LogP contribution is 2.35. The van der Waals surface area contributed by atoms with Crippen LogP contribution in [0.25, 0.3) is 0 Å². The molecule has 0 aromatic carbocycles. The highest BCUT2D eigenvalue weighted by Gasteiger charge is 2.25. The van der Waals surface area contributed by atoms with Crippen molar-refractivity contribution in [3.8, 4) is 0 Å². The van der Waals surface area contributed by atoms with Gasteiger partial charge in [0.1, 0.15) is 0 Å². The summed E-state index contributed by atoms with van der Waals surface area (Å²) in [5, 5.41) is 0. The molecular formula is C8H16. The molecule has 48 valence electrons. The molecule has 1 rings (SSSR count). The average molecular weight is 113 g/mol. The van der Waals surface area contributed by atoms with Gasteiger partial charge in [0.05, 0.1) is 0 Å². The predicted octanol–water partition coefficient (Wildman–Crippen LogP) is 2.69. The van der Waals surface area contributed by atoms with Gasteiger partial charge < -0.3 is 0 Å². The van der Waals surface area contributed by atoms with Crippen molar-refractivity contribution in [3.63, 3.8) is 0 Å². The number of rotatable bonds is 0. The molecule has 1 fully saturated rings. The molecule has 2 unspecified atom stereocenters. The van der Waals surface area contributed by atoms with Gasteiger partial charge in [0.2, 0.25) is 0 Å². The molecule has 0 spiro atoms. The largest absolute Gasteiger partial charge is 0.0622 e. The van der Waals surface area contributed by atoms with Crippen LogP contribution in [-0.2, 0) is 0 Å². The maximum Gasteiger partial charge on any atom is 0.0305 e. The molecule has 0 saturated heterocycles. The maximum atomic E-state index is 7.90. The average Bonchev–Trinajstić information content (AvgIpc) is 1.96. The van der Waals surface area contributed by atoms with Gasteiger partial charge in [-0.15, -0.1) is 0 Å². The molecule has 0 heterocycles. The van der Waals surface area contributed by atoms with E-state index in [1.807, 2.05) is 0 Å². The van der Waals surface area contributed by atoms with E-state index >= 15 is 0 Å². The van der Waals surface area contributed by atoms with Crippen molar-refractivity contribution in [2.75, 3.05) is 0 Å². The van der Waals surface area contributed by atoms with E-state index < -0.39 is 0 Å². The van der Waals surface area contributed by atoms with E-state index in [9.17, 15) is 0 Å². The molecule has 0 N–H and O–H groups in total. The smallest absolute Gasteiger partial charge is 0.0305 e. The lowest BCUT2D eigenvalue weighted by molar-refractivity contribution is 0.380. The summed E-state index contributed by atoms with van der Waals surface area (Å²) in [5.41, 5.74) is 0. The fraction of sp³-hybridized carbons (Fsp3) is 1.00. The zero-order valence-corrected chi connectivity index (χ0v) is 6.07. The minimum Gasteiger partial charge on any atom is -0.0622 e. The highest BCUT2D eigenvalue weighted by atomic mass is 14.3. The summed E-state index contributed by atoms with van der Waals surface area (Å²) in [4.78, 5) is 0. The van der Waals surface area contributed by atoms with Gasteiger partial charge in [0.15, 0.2) is 0 Å². The monoisotopic (exact) mass is 113 g/mol. The van der Waals surface area contributed by atoms with E-state index in [4.69, 9.17) is 1.37 Å². The van der Waals surface area contributed by atoms with E-state index in [1.165, 1.54) is 12.8 Å². The van der Waals surface area contributed by atoms with Crippen LogP contribution in [0, 0.1) is 17.7 Å². The summed E-state index contributed by atoms with van der Waals surface area (Å²) >= 11 is 0. The van der Waals surface area contributed by atoms with Crippen LogP contribution in [0.5, 0.6) is 0 Å². The summed E-state index contributed by atoms with van der Waals surface area (Å²) in [5.74, 6) is 1.07. The molecule has 0 nitrogen and oxygen atoms in total. The molecule has 1 saturated carbocycles. The molecule has 0 aromatic rings. The minimum atomic E-state index is -0.139. The Labute approximate surface area is 53.7 Å². The first-order valence-corrected chi connectivity index (χ1v) is 3.55. The Morgan fingerprint density at radius 3 is 1.62 bits per heavy atom. The minimum absolute atomic E-state index is 0.139. The van der Waals surface area contributed by atoms with Crippen LogP contribution >= 0.6 is 0 Å². The van der Waals surface area contributed by atoms with Gasteiger partial charge in [-0.2, -0.15) is 0 Å². The summed E-state index contributed by atoms with van der Waals surface area (Å²) in [6.45, 7) is 6.45. The molecule has 0 heteroatoms. The Kier molecular flexibility index (Phi) is 1.26. The van der Waals surface area contributed by atoms with Crippen LogP contribution in [0.15, 0.2) is 0 Å². The van der Waals surface area contributed by atoms with Crippen molar-refractivity contribution in [2.45, 2.75) is 33.6 Å². The summed E-state index contributed by atoms with van der Waals surface area (Å²) in [6.07, 6.45) is 2.50. The van der Waals surface area contributed by atoms with E-state index in [0.717, 1.165) is 0 Å². The quantitative estimate of drug-likeness (QED) is 0.453. The molecule has 0 radical (unpaired) electrons. The Morgan fingerprint density at radius 1 is 1.12 bits per heavy atom. The number of hydrogen-bond donors (Lipinski definition) is 0. The molecule has 1 aliphatic carbocycles. The second kappa shape index (κ2) is 2.08. The first-order valence-electron chi connectivity index (χ1n) is 4.05. The lowest BCUT2D eigenvalue weighted by atomic mass is 9.94. The van der Waals surface area contributed by atoms with Crippen molar-refractivity contribution >= 4 is 0 Å². The van der Waals surface area contributed by atoms with Crippen molar-refractivity contribution < 1.29 is 1.37 Å². The standard InChI is InChI=1S/C8H16/c1-6-4-5-7(2)8(6)3/h6-8H,4-5H2,1-3H3/i8D. The van der Waals surface area contributed by atoms with Crippen molar-refractivity contribution in [2.24, 2.45) is 17.7 Å². The molecule has 8 heavy (non-hydrogen) atoms. The predicted molar refractivity (Wildman–Crippen MR) is 36.7 cm³/mol. The first kappa shape index (κ1) is 4.84. The topological polar surface area (TPSA) is 0 Å². The zero-order valence-electron chi connectivity index (χ0n) is 7.07. The van der Waals surface area contributed by atoms with Crippen LogP contribution in [0.2, 0.25) is 0 Å². The lowest BCUT2D eigenvalue weighted by Gasteiger charge is -2.11. The van der Waals surface area contributed by atoms with E-state index in [-0.39, 0.29) is 5.89 Å². The SMILES string of the molecule is [2H]C1(C)C(C)CCC1C. The molecule has 0 amide bonds. The fourth-order valence-electron chi connectivity index (χ4n) is 1.44. The second-order valence-electron chi connectivity index (χ2n) is 3.12. The van der Waals surface area contributed by atoms with Gasteiger partial charge in [-0.25, -0.2) is 0 Å². The molecular weight excluding hydrogens is 96.1 g/mol. The fourth-order valence-corrected chi connectivity index (χ4v) is 1.44.